The molecule has 1 aromatic rings. The lowest BCUT2D eigenvalue weighted by molar-refractivity contribution is 0.141. The second kappa shape index (κ2) is 9.26. The topological polar surface area (TPSA) is 17.8 Å². The van der Waals surface area contributed by atoms with Crippen LogP contribution in [-0.4, -0.2) is 9.78 Å². The highest BCUT2D eigenvalue weighted by Gasteiger charge is 2.33. The molecule has 0 bridgehead atoms. The minimum Gasteiger partial charge on any atom is -0.275 e. The van der Waals surface area contributed by atoms with Crippen LogP contribution < -0.4 is 0 Å². The second-order valence-corrected chi connectivity index (χ2v) is 6.73. The molecular weight excluding hydrogens is 282 g/mol. The first kappa shape index (κ1) is 19.1. The zero-order chi connectivity index (χ0) is 16.6. The van der Waals surface area contributed by atoms with Gasteiger partial charge >= 0.3 is 0 Å². The van der Waals surface area contributed by atoms with Crippen molar-refractivity contribution in [2.24, 2.45) is 7.05 Å². The summed E-state index contributed by atoms with van der Waals surface area (Å²) in [7, 11) is 1.74. The van der Waals surface area contributed by atoms with Gasteiger partial charge in [0.25, 0.3) is 6.43 Å². The Bertz CT molecular complexity index is 429. The monoisotopic (exact) mass is 314 g/mol. The Hall–Kier alpha value is -0.930. The summed E-state index contributed by atoms with van der Waals surface area (Å²) < 4.78 is 28.2. The van der Waals surface area contributed by atoms with Crippen molar-refractivity contribution in [1.29, 1.82) is 0 Å². The summed E-state index contributed by atoms with van der Waals surface area (Å²) >= 11 is 0. The third kappa shape index (κ3) is 5.36. The summed E-state index contributed by atoms with van der Waals surface area (Å²) in [6.45, 7) is 6.52. The Morgan fingerprint density at radius 1 is 1.05 bits per heavy atom. The van der Waals surface area contributed by atoms with Gasteiger partial charge in [-0.25, -0.2) is 8.78 Å². The highest BCUT2D eigenvalue weighted by atomic mass is 19.3. The van der Waals surface area contributed by atoms with Gasteiger partial charge in [-0.05, 0) is 18.3 Å². The fourth-order valence-corrected chi connectivity index (χ4v) is 3.23. The van der Waals surface area contributed by atoms with Gasteiger partial charge in [-0.3, -0.25) is 4.68 Å². The quantitative estimate of drug-likeness (QED) is 0.447. The third-order valence-electron chi connectivity index (χ3n) is 4.63. The Morgan fingerprint density at radius 2 is 1.59 bits per heavy atom. The van der Waals surface area contributed by atoms with Gasteiger partial charge in [-0.15, -0.1) is 0 Å². The highest BCUT2D eigenvalue weighted by molar-refractivity contribution is 5.28. The summed E-state index contributed by atoms with van der Waals surface area (Å²) in [6.07, 6.45) is 9.39. The van der Waals surface area contributed by atoms with Gasteiger partial charge in [-0.2, -0.15) is 5.10 Å². The molecule has 0 aliphatic heterocycles. The molecule has 0 aliphatic rings. The normalized spacial score (nSPS) is 14.5. The molecule has 2 nitrogen and oxygen atoms in total. The molecule has 1 aromatic heterocycles. The number of halogens is 2. The van der Waals surface area contributed by atoms with Crippen LogP contribution in [0.3, 0.4) is 0 Å². The summed E-state index contributed by atoms with van der Waals surface area (Å²) in [6, 6.07) is 0. The first-order chi connectivity index (χ1) is 10.4. The molecule has 1 unspecified atom stereocenters. The predicted octanol–water partition coefficient (Wildman–Crippen LogP) is 6.17. The van der Waals surface area contributed by atoms with Crippen molar-refractivity contribution in [2.45, 2.75) is 90.4 Å². The van der Waals surface area contributed by atoms with Crippen molar-refractivity contribution in [1.82, 2.24) is 9.78 Å². The third-order valence-corrected chi connectivity index (χ3v) is 4.63. The van der Waals surface area contributed by atoms with E-state index < -0.39 is 6.43 Å². The molecule has 0 aliphatic carbocycles. The zero-order valence-corrected chi connectivity index (χ0v) is 14.7. The van der Waals surface area contributed by atoms with Crippen LogP contribution in [0.2, 0.25) is 0 Å². The lowest BCUT2D eigenvalue weighted by Crippen LogP contribution is -2.23. The van der Waals surface area contributed by atoms with E-state index in [4.69, 9.17) is 0 Å². The summed E-state index contributed by atoms with van der Waals surface area (Å²) in [4.78, 5) is 0. The highest BCUT2D eigenvalue weighted by Crippen LogP contribution is 2.39. The number of nitrogens with zero attached hydrogens (tertiary/aromatic N) is 2. The van der Waals surface area contributed by atoms with Crippen molar-refractivity contribution in [3.8, 4) is 0 Å². The summed E-state index contributed by atoms with van der Waals surface area (Å²) in [5, 5.41) is 4.02. The van der Waals surface area contributed by atoms with Crippen LogP contribution in [0.25, 0.3) is 0 Å². The van der Waals surface area contributed by atoms with E-state index in [1.807, 2.05) is 6.20 Å². The van der Waals surface area contributed by atoms with Crippen LogP contribution in [0.4, 0.5) is 8.78 Å². The molecule has 0 aromatic carbocycles. The van der Waals surface area contributed by atoms with Gasteiger partial charge in [0.05, 0.1) is 0 Å². The largest absolute Gasteiger partial charge is 0.282 e. The molecule has 0 saturated carbocycles. The van der Waals surface area contributed by atoms with Crippen LogP contribution in [0.1, 0.15) is 96.2 Å². The lowest BCUT2D eigenvalue weighted by atomic mass is 9.74. The van der Waals surface area contributed by atoms with Crippen LogP contribution in [0, 0.1) is 0 Å². The molecule has 1 heterocycles. The van der Waals surface area contributed by atoms with E-state index in [1.54, 1.807) is 11.7 Å². The van der Waals surface area contributed by atoms with Crippen LogP contribution in [-0.2, 0) is 12.5 Å². The van der Waals surface area contributed by atoms with Crippen molar-refractivity contribution in [2.75, 3.05) is 0 Å². The zero-order valence-electron chi connectivity index (χ0n) is 14.7. The molecule has 1 atom stereocenters. The average Bonchev–Trinajstić information content (AvgIpc) is 2.87. The van der Waals surface area contributed by atoms with Crippen molar-refractivity contribution < 1.29 is 8.78 Å². The minimum absolute atomic E-state index is 0.0167. The lowest BCUT2D eigenvalue weighted by Gasteiger charge is -2.30. The van der Waals surface area contributed by atoms with Crippen molar-refractivity contribution in [3.63, 3.8) is 0 Å². The Kier molecular flexibility index (Phi) is 8.05. The number of aromatic nitrogens is 2. The SMILES string of the molecule is CCCCCCC(C)(CCCCC)c1cn(C)nc1C(F)F. The van der Waals surface area contributed by atoms with Gasteiger partial charge in [0.1, 0.15) is 5.69 Å². The Balaban J connectivity index is 2.92. The molecule has 0 N–H and O–H groups in total. The van der Waals surface area contributed by atoms with Gasteiger partial charge in [0.15, 0.2) is 0 Å². The molecule has 0 radical (unpaired) electrons. The van der Waals surface area contributed by atoms with Crippen LogP contribution in [0.15, 0.2) is 6.20 Å². The van der Waals surface area contributed by atoms with E-state index in [9.17, 15) is 8.78 Å². The molecule has 0 amide bonds. The van der Waals surface area contributed by atoms with E-state index in [1.165, 1.54) is 19.3 Å². The van der Waals surface area contributed by atoms with E-state index in [-0.39, 0.29) is 11.1 Å². The maximum Gasteiger partial charge on any atom is 0.282 e. The minimum atomic E-state index is -2.49. The number of hydrogen-bond acceptors (Lipinski definition) is 1. The molecule has 0 fully saturated rings. The molecule has 4 heteroatoms. The van der Waals surface area contributed by atoms with E-state index in [0.717, 1.165) is 44.1 Å². The van der Waals surface area contributed by atoms with E-state index >= 15 is 0 Å². The molecule has 1 rings (SSSR count). The van der Waals surface area contributed by atoms with Crippen LogP contribution >= 0.6 is 0 Å². The first-order valence-corrected chi connectivity index (χ1v) is 8.76. The average molecular weight is 314 g/mol. The number of rotatable bonds is 11. The van der Waals surface area contributed by atoms with Crippen molar-refractivity contribution >= 4 is 0 Å². The van der Waals surface area contributed by atoms with Gasteiger partial charge < -0.3 is 0 Å². The van der Waals surface area contributed by atoms with Crippen molar-refractivity contribution in [3.05, 3.63) is 17.5 Å². The number of unbranched alkanes of at least 4 members (excludes halogenated alkanes) is 5. The molecule has 0 spiro atoms. The maximum atomic E-state index is 13.3. The molecule has 128 valence electrons. The Labute approximate surface area is 134 Å². The predicted molar refractivity (Wildman–Crippen MR) is 88.4 cm³/mol. The smallest absolute Gasteiger partial charge is 0.275 e. The molecule has 22 heavy (non-hydrogen) atoms. The van der Waals surface area contributed by atoms with Gasteiger partial charge in [0, 0.05) is 18.8 Å². The number of aryl methyl sites for hydroxylation is 1. The second-order valence-electron chi connectivity index (χ2n) is 6.73. The maximum absolute atomic E-state index is 13.3. The van der Waals surface area contributed by atoms with E-state index in [2.05, 4.69) is 25.9 Å². The van der Waals surface area contributed by atoms with Crippen LogP contribution in [0.5, 0.6) is 0 Å². The van der Waals surface area contributed by atoms with Gasteiger partial charge in [-0.1, -0.05) is 65.7 Å². The number of hydrogen-bond donors (Lipinski definition) is 0. The molecular formula is C18H32F2N2. The van der Waals surface area contributed by atoms with E-state index in [0.29, 0.717) is 0 Å². The fourth-order valence-electron chi connectivity index (χ4n) is 3.23. The summed E-state index contributed by atoms with van der Waals surface area (Å²) in [5.74, 6) is 0. The Morgan fingerprint density at radius 3 is 2.14 bits per heavy atom. The first-order valence-electron chi connectivity index (χ1n) is 8.76. The van der Waals surface area contributed by atoms with Gasteiger partial charge in [0.2, 0.25) is 0 Å². The summed E-state index contributed by atoms with van der Waals surface area (Å²) in [5.41, 5.74) is 0.567. The number of alkyl halides is 2. The molecule has 0 saturated heterocycles. The fraction of sp³-hybridized carbons (Fsp3) is 0.833. The standard InChI is InChI=1S/C18H32F2N2/c1-5-7-9-11-13-18(3,12-10-8-6-2)15-14-22(4)21-16(15)17(19)20/h14,17H,5-13H2,1-4H3.